The zero-order chi connectivity index (χ0) is 15.6. The summed E-state index contributed by atoms with van der Waals surface area (Å²) in [6, 6.07) is 2.29. The van der Waals surface area contributed by atoms with Gasteiger partial charge in [-0.3, -0.25) is 0 Å². The molecule has 0 aliphatic rings. The lowest BCUT2D eigenvalue weighted by molar-refractivity contribution is 0.732. The first-order valence-electron chi connectivity index (χ1n) is 7.07. The van der Waals surface area contributed by atoms with E-state index in [4.69, 9.17) is 5.73 Å². The highest BCUT2D eigenvalue weighted by molar-refractivity contribution is 7.99. The van der Waals surface area contributed by atoms with Gasteiger partial charge in [-0.05, 0) is 69.5 Å². The van der Waals surface area contributed by atoms with E-state index in [1.54, 1.807) is 0 Å². The zero-order valence-electron chi connectivity index (χ0n) is 13.3. The summed E-state index contributed by atoms with van der Waals surface area (Å²) >= 11 is 1.51. The van der Waals surface area contributed by atoms with Gasteiger partial charge in [0.25, 0.3) is 0 Å². The Balaban J connectivity index is 2.24. The molecule has 21 heavy (non-hydrogen) atoms. The van der Waals surface area contributed by atoms with E-state index in [0.717, 1.165) is 39.1 Å². The van der Waals surface area contributed by atoms with Crippen LogP contribution in [-0.2, 0) is 6.42 Å². The van der Waals surface area contributed by atoms with Crippen molar-refractivity contribution in [3.05, 3.63) is 40.3 Å². The largest absolute Gasteiger partial charge is 0.328 e. The van der Waals surface area contributed by atoms with Gasteiger partial charge in [0.1, 0.15) is 5.03 Å². The molecule has 4 nitrogen and oxygen atoms in total. The van der Waals surface area contributed by atoms with E-state index < -0.39 is 0 Å². The van der Waals surface area contributed by atoms with Gasteiger partial charge in [0, 0.05) is 23.6 Å². The zero-order valence-corrected chi connectivity index (χ0v) is 14.1. The van der Waals surface area contributed by atoms with Crippen LogP contribution in [0.3, 0.4) is 0 Å². The number of pyridine rings is 1. The molecule has 2 aromatic heterocycles. The molecule has 0 fully saturated rings. The Hall–Kier alpha value is -1.46. The Kier molecular flexibility index (Phi) is 4.96. The molecule has 2 aromatic rings. The Morgan fingerprint density at radius 3 is 2.29 bits per heavy atom. The Labute approximate surface area is 130 Å². The first-order chi connectivity index (χ1) is 9.86. The minimum absolute atomic E-state index is 0.149. The molecular formula is C16H22N4S. The average Bonchev–Trinajstić information content (AvgIpc) is 2.38. The van der Waals surface area contributed by atoms with Crippen molar-refractivity contribution in [3.8, 4) is 0 Å². The first-order valence-corrected chi connectivity index (χ1v) is 7.89. The molecule has 0 radical (unpaired) electrons. The SMILES string of the molecule is Cc1cc(CC(C)N)cnc1Sc1nc(C)c(C)c(C)n1. The molecule has 0 amide bonds. The molecular weight excluding hydrogens is 280 g/mol. The van der Waals surface area contributed by atoms with Crippen molar-refractivity contribution in [2.45, 2.75) is 57.3 Å². The standard InChI is InChI=1S/C16H22N4S/c1-9-6-14(7-10(2)17)8-18-15(9)21-16-19-12(4)11(3)13(5)20-16/h6,8,10H,7,17H2,1-5H3. The van der Waals surface area contributed by atoms with Crippen LogP contribution in [0.15, 0.2) is 22.4 Å². The lowest BCUT2D eigenvalue weighted by atomic mass is 10.1. The van der Waals surface area contributed by atoms with Gasteiger partial charge in [0.2, 0.25) is 0 Å². The highest BCUT2D eigenvalue weighted by Crippen LogP contribution is 2.27. The fourth-order valence-corrected chi connectivity index (χ4v) is 2.95. The summed E-state index contributed by atoms with van der Waals surface area (Å²) in [4.78, 5) is 13.6. The van der Waals surface area contributed by atoms with Gasteiger partial charge in [0.05, 0.1) is 0 Å². The van der Waals surface area contributed by atoms with Crippen LogP contribution in [0, 0.1) is 27.7 Å². The van der Waals surface area contributed by atoms with Gasteiger partial charge in [-0.15, -0.1) is 0 Å². The van der Waals surface area contributed by atoms with Crippen LogP contribution in [0.25, 0.3) is 0 Å². The maximum Gasteiger partial charge on any atom is 0.194 e. The number of nitrogens with two attached hydrogens (primary N) is 1. The summed E-state index contributed by atoms with van der Waals surface area (Å²) in [7, 11) is 0. The van der Waals surface area contributed by atoms with Gasteiger partial charge in [-0.1, -0.05) is 6.07 Å². The molecule has 0 spiro atoms. The van der Waals surface area contributed by atoms with Gasteiger partial charge in [0.15, 0.2) is 5.16 Å². The topological polar surface area (TPSA) is 64.7 Å². The maximum absolute atomic E-state index is 5.83. The molecule has 0 saturated heterocycles. The van der Waals surface area contributed by atoms with Crippen molar-refractivity contribution < 1.29 is 0 Å². The van der Waals surface area contributed by atoms with Crippen LogP contribution in [-0.4, -0.2) is 21.0 Å². The van der Waals surface area contributed by atoms with E-state index in [1.807, 2.05) is 33.9 Å². The van der Waals surface area contributed by atoms with Crippen LogP contribution >= 0.6 is 11.8 Å². The van der Waals surface area contributed by atoms with E-state index in [1.165, 1.54) is 17.3 Å². The third kappa shape index (κ3) is 4.02. The number of rotatable bonds is 4. The van der Waals surface area contributed by atoms with E-state index >= 15 is 0 Å². The number of hydrogen-bond acceptors (Lipinski definition) is 5. The normalized spacial score (nSPS) is 12.5. The van der Waals surface area contributed by atoms with Gasteiger partial charge in [-0.2, -0.15) is 0 Å². The minimum Gasteiger partial charge on any atom is -0.328 e. The van der Waals surface area contributed by atoms with Crippen molar-refractivity contribution in [2.75, 3.05) is 0 Å². The van der Waals surface area contributed by atoms with Crippen molar-refractivity contribution in [2.24, 2.45) is 5.73 Å². The monoisotopic (exact) mass is 302 g/mol. The predicted octanol–water partition coefficient (Wildman–Crippen LogP) is 3.15. The van der Waals surface area contributed by atoms with E-state index in [-0.39, 0.29) is 6.04 Å². The summed E-state index contributed by atoms with van der Waals surface area (Å²) < 4.78 is 0. The molecule has 0 bridgehead atoms. The highest BCUT2D eigenvalue weighted by Gasteiger charge is 2.10. The molecule has 5 heteroatoms. The lowest BCUT2D eigenvalue weighted by Gasteiger charge is -2.10. The first kappa shape index (κ1) is 15.9. The van der Waals surface area contributed by atoms with E-state index in [0.29, 0.717) is 0 Å². The molecule has 0 saturated carbocycles. The third-order valence-corrected chi connectivity index (χ3v) is 4.43. The Morgan fingerprint density at radius 2 is 1.76 bits per heavy atom. The number of aromatic nitrogens is 3. The third-order valence-electron chi connectivity index (χ3n) is 3.44. The molecule has 0 aliphatic carbocycles. The second-order valence-electron chi connectivity index (χ2n) is 5.55. The molecule has 2 rings (SSSR count). The Morgan fingerprint density at radius 1 is 1.14 bits per heavy atom. The molecule has 0 aromatic carbocycles. The summed E-state index contributed by atoms with van der Waals surface area (Å²) in [6.07, 6.45) is 2.74. The fourth-order valence-electron chi connectivity index (χ4n) is 2.08. The van der Waals surface area contributed by atoms with E-state index in [9.17, 15) is 0 Å². The maximum atomic E-state index is 5.83. The molecule has 2 heterocycles. The molecule has 1 atom stereocenters. The quantitative estimate of drug-likeness (QED) is 0.879. The minimum atomic E-state index is 0.149. The van der Waals surface area contributed by atoms with E-state index in [2.05, 4.69) is 27.9 Å². The van der Waals surface area contributed by atoms with Crippen LogP contribution < -0.4 is 5.73 Å². The smallest absolute Gasteiger partial charge is 0.194 e. The van der Waals surface area contributed by atoms with Crippen molar-refractivity contribution in [3.63, 3.8) is 0 Å². The summed E-state index contributed by atoms with van der Waals surface area (Å²) in [5.74, 6) is 0. The second-order valence-corrected chi connectivity index (χ2v) is 6.51. The predicted molar refractivity (Wildman–Crippen MR) is 86.7 cm³/mol. The van der Waals surface area contributed by atoms with Gasteiger partial charge < -0.3 is 5.73 Å². The van der Waals surface area contributed by atoms with Crippen LogP contribution in [0.1, 0.15) is 35.0 Å². The van der Waals surface area contributed by atoms with Crippen molar-refractivity contribution >= 4 is 11.8 Å². The Bertz CT molecular complexity index is 630. The van der Waals surface area contributed by atoms with Gasteiger partial charge >= 0.3 is 0 Å². The van der Waals surface area contributed by atoms with Crippen LogP contribution in [0.2, 0.25) is 0 Å². The number of nitrogens with zero attached hydrogens (tertiary/aromatic N) is 3. The highest BCUT2D eigenvalue weighted by atomic mass is 32.2. The van der Waals surface area contributed by atoms with Crippen LogP contribution in [0.4, 0.5) is 0 Å². The second kappa shape index (κ2) is 6.54. The summed E-state index contributed by atoms with van der Waals surface area (Å²) in [5, 5.41) is 1.71. The summed E-state index contributed by atoms with van der Waals surface area (Å²) in [5.41, 5.74) is 11.3. The van der Waals surface area contributed by atoms with Gasteiger partial charge in [-0.25, -0.2) is 15.0 Å². The lowest BCUT2D eigenvalue weighted by Crippen LogP contribution is -2.17. The van der Waals surface area contributed by atoms with Crippen LogP contribution in [0.5, 0.6) is 0 Å². The molecule has 1 unspecified atom stereocenters. The average molecular weight is 302 g/mol. The summed E-state index contributed by atoms with van der Waals surface area (Å²) in [6.45, 7) is 10.1. The number of hydrogen-bond donors (Lipinski definition) is 1. The molecule has 112 valence electrons. The fraction of sp³-hybridized carbons (Fsp3) is 0.438. The van der Waals surface area contributed by atoms with Crippen molar-refractivity contribution in [1.29, 1.82) is 0 Å². The van der Waals surface area contributed by atoms with Crippen molar-refractivity contribution in [1.82, 2.24) is 15.0 Å². The molecule has 0 aliphatic heterocycles. The molecule has 2 N–H and O–H groups in total. The number of aryl methyl sites for hydroxylation is 3.